The molecule has 4 aliphatic heterocycles. The molecule has 0 unspecified atom stereocenters. The number of esters is 2. The van der Waals surface area contributed by atoms with Crippen LogP contribution in [0.2, 0.25) is 0 Å². The topological polar surface area (TPSA) is 130 Å². The van der Waals surface area contributed by atoms with Crippen LogP contribution in [-0.2, 0) is 44.7 Å². The van der Waals surface area contributed by atoms with Crippen LogP contribution in [0.3, 0.4) is 0 Å². The number of fused-ring (bicyclic) bond motifs is 2. The number of aromatic hydroxyl groups is 2. The second kappa shape index (κ2) is 10.1. The molecular weight excluding hydrogens is 484 g/mol. The lowest BCUT2D eigenvalue weighted by Crippen LogP contribution is -2.70. The number of phenols is 2. The highest BCUT2D eigenvalue weighted by molar-refractivity contribution is 5.77. The Labute approximate surface area is 216 Å². The molecule has 1 aromatic rings. The lowest BCUT2D eigenvalue weighted by molar-refractivity contribution is -0.576. The molecule has 2 bridgehead atoms. The molecule has 5 aliphatic rings. The lowest BCUT2D eigenvalue weighted by Gasteiger charge is -2.59. The fraction of sp³-hybridized carbons (Fsp3) is 0.704. The normalized spacial score (nSPS) is 38.4. The van der Waals surface area contributed by atoms with Crippen molar-refractivity contribution in [1.82, 2.24) is 0 Å². The van der Waals surface area contributed by atoms with Crippen molar-refractivity contribution in [3.8, 4) is 11.5 Å². The summed E-state index contributed by atoms with van der Waals surface area (Å²) < 4.78 is 23.4. The maximum Gasteiger partial charge on any atom is 0.308 e. The number of carbonyl (C=O) groups excluding carboxylic acids is 2. The first-order chi connectivity index (χ1) is 17.6. The third-order valence-electron chi connectivity index (χ3n) is 8.57. The Hall–Kier alpha value is -2.40. The zero-order chi connectivity index (χ0) is 26.4. The second-order valence-corrected chi connectivity index (χ2v) is 11.1. The first-order valence-electron chi connectivity index (χ1n) is 13.2. The Morgan fingerprint density at radius 2 is 1.81 bits per heavy atom. The fourth-order valence-corrected chi connectivity index (χ4v) is 6.48. The highest BCUT2D eigenvalue weighted by Gasteiger charge is 2.69. The predicted molar refractivity (Wildman–Crippen MR) is 127 cm³/mol. The van der Waals surface area contributed by atoms with Crippen LogP contribution in [0.5, 0.6) is 11.5 Å². The van der Waals surface area contributed by atoms with Gasteiger partial charge in [0.2, 0.25) is 12.1 Å². The van der Waals surface area contributed by atoms with E-state index < -0.39 is 35.9 Å². The Bertz CT molecular complexity index is 1030. The summed E-state index contributed by atoms with van der Waals surface area (Å²) in [6.07, 6.45) is 2.15. The zero-order valence-electron chi connectivity index (χ0n) is 21.5. The van der Waals surface area contributed by atoms with Crippen LogP contribution >= 0.6 is 0 Å². The van der Waals surface area contributed by atoms with Crippen molar-refractivity contribution >= 4 is 11.9 Å². The molecule has 10 heteroatoms. The van der Waals surface area contributed by atoms with Gasteiger partial charge in [0.15, 0.2) is 23.4 Å². The number of benzene rings is 1. The van der Waals surface area contributed by atoms with Crippen molar-refractivity contribution in [3.63, 3.8) is 0 Å². The van der Waals surface area contributed by atoms with Crippen molar-refractivity contribution in [2.45, 2.75) is 89.7 Å². The smallest absolute Gasteiger partial charge is 0.308 e. The molecule has 1 saturated carbocycles. The van der Waals surface area contributed by atoms with Crippen molar-refractivity contribution in [1.29, 1.82) is 0 Å². The molecular formula is C27H36O10. The molecule has 1 spiro atoms. The summed E-state index contributed by atoms with van der Waals surface area (Å²) in [4.78, 5) is 36.7. The van der Waals surface area contributed by atoms with Crippen molar-refractivity contribution in [3.05, 3.63) is 23.8 Å². The summed E-state index contributed by atoms with van der Waals surface area (Å²) in [5.41, 5.74) is -0.0191. The first kappa shape index (κ1) is 26.2. The van der Waals surface area contributed by atoms with Gasteiger partial charge in [-0.15, -0.1) is 0 Å². The van der Waals surface area contributed by atoms with E-state index in [0.29, 0.717) is 24.3 Å². The molecule has 0 aromatic heterocycles. The summed E-state index contributed by atoms with van der Waals surface area (Å²) in [6.45, 7) is 6.17. The molecule has 0 amide bonds. The zero-order valence-corrected chi connectivity index (χ0v) is 21.5. The summed E-state index contributed by atoms with van der Waals surface area (Å²) in [5, 5.41) is 18.9. The molecule has 4 saturated heterocycles. The van der Waals surface area contributed by atoms with E-state index in [0.717, 1.165) is 19.3 Å². The van der Waals surface area contributed by atoms with Gasteiger partial charge in [0.05, 0.1) is 19.4 Å². The van der Waals surface area contributed by atoms with E-state index >= 15 is 0 Å². The summed E-state index contributed by atoms with van der Waals surface area (Å²) in [7, 11) is 0. The van der Waals surface area contributed by atoms with E-state index in [1.165, 1.54) is 12.1 Å². The van der Waals surface area contributed by atoms with Gasteiger partial charge in [-0.25, -0.2) is 9.78 Å². The molecule has 1 aromatic carbocycles. The van der Waals surface area contributed by atoms with Crippen molar-refractivity contribution < 1.29 is 48.5 Å². The second-order valence-electron chi connectivity index (χ2n) is 11.1. The SMILES string of the molecule is C[C@H]1[C@@H](OC(=O)CCC(=O)OCCc2ccc(O)c(O)c2)O[C@@H]2O[C@]3(C)CC[C@H]4[C@H](C)CC[C@@H]1[C@@]24OO3. The third-order valence-corrected chi connectivity index (χ3v) is 8.57. The number of phenolic OH excluding ortho intramolecular Hbond substituents is 2. The third kappa shape index (κ3) is 4.92. The number of rotatable bonds is 7. The Kier molecular flexibility index (Phi) is 7.12. The van der Waals surface area contributed by atoms with Crippen LogP contribution in [0.4, 0.5) is 0 Å². The van der Waals surface area contributed by atoms with Gasteiger partial charge in [-0.3, -0.25) is 9.59 Å². The number of carbonyl (C=O) groups is 2. The van der Waals surface area contributed by atoms with Crippen molar-refractivity contribution in [2.24, 2.45) is 23.7 Å². The van der Waals surface area contributed by atoms with Crippen LogP contribution in [-0.4, -0.2) is 52.7 Å². The van der Waals surface area contributed by atoms with Gasteiger partial charge in [0, 0.05) is 24.7 Å². The molecule has 37 heavy (non-hydrogen) atoms. The quantitative estimate of drug-likeness (QED) is 0.312. The maximum absolute atomic E-state index is 12.6. The Balaban J connectivity index is 1.14. The number of hydrogen-bond acceptors (Lipinski definition) is 10. The van der Waals surface area contributed by atoms with Crippen LogP contribution in [0.15, 0.2) is 18.2 Å². The van der Waals surface area contributed by atoms with E-state index in [1.807, 2.05) is 13.8 Å². The molecule has 4 heterocycles. The highest BCUT2D eigenvalue weighted by atomic mass is 17.3. The maximum atomic E-state index is 12.6. The summed E-state index contributed by atoms with van der Waals surface area (Å²) >= 11 is 0. The van der Waals surface area contributed by atoms with Gasteiger partial charge in [-0.1, -0.05) is 19.9 Å². The van der Waals surface area contributed by atoms with E-state index in [4.69, 9.17) is 28.7 Å². The molecule has 8 atom stereocenters. The Morgan fingerprint density at radius 3 is 2.59 bits per heavy atom. The first-order valence-corrected chi connectivity index (χ1v) is 13.2. The largest absolute Gasteiger partial charge is 0.504 e. The predicted octanol–water partition coefficient (Wildman–Crippen LogP) is 3.71. The minimum atomic E-state index is -0.907. The fourth-order valence-electron chi connectivity index (χ4n) is 6.48. The van der Waals surface area contributed by atoms with Crippen LogP contribution in [0.25, 0.3) is 0 Å². The molecule has 6 rings (SSSR count). The van der Waals surface area contributed by atoms with Gasteiger partial charge in [0.25, 0.3) is 0 Å². The molecule has 204 valence electrons. The van der Waals surface area contributed by atoms with Crippen LogP contribution in [0.1, 0.15) is 64.9 Å². The Morgan fingerprint density at radius 1 is 1.03 bits per heavy atom. The van der Waals surface area contributed by atoms with Crippen LogP contribution in [0, 0.1) is 23.7 Å². The van der Waals surface area contributed by atoms with E-state index in [-0.39, 0.29) is 48.7 Å². The standard InChI is InChI=1S/C27H36O10/c1-15-4-6-19-16(2)24(34-25-27(19)18(15)10-12-26(3,35-25)36-37-27)33-23(31)9-8-22(30)32-13-11-17-5-7-20(28)21(29)14-17/h5,7,14-16,18-19,24-25,28-29H,4,6,8-13H2,1-3H3/t15-,16-,18+,19+,24+,25-,26+,27-/m1/s1. The van der Waals surface area contributed by atoms with Crippen molar-refractivity contribution in [2.75, 3.05) is 6.61 Å². The highest BCUT2D eigenvalue weighted by Crippen LogP contribution is 2.60. The van der Waals surface area contributed by atoms with E-state index in [1.54, 1.807) is 6.07 Å². The van der Waals surface area contributed by atoms with Gasteiger partial charge in [0.1, 0.15) is 0 Å². The van der Waals surface area contributed by atoms with Gasteiger partial charge < -0.3 is 29.2 Å². The van der Waals surface area contributed by atoms with Crippen LogP contribution < -0.4 is 0 Å². The van der Waals surface area contributed by atoms with Gasteiger partial charge in [-0.2, -0.15) is 0 Å². The number of ether oxygens (including phenoxy) is 4. The lowest BCUT2D eigenvalue weighted by atomic mass is 9.58. The van der Waals surface area contributed by atoms with Gasteiger partial charge in [-0.05, 0) is 55.7 Å². The molecule has 0 radical (unpaired) electrons. The molecule has 2 N–H and O–H groups in total. The monoisotopic (exact) mass is 520 g/mol. The molecule has 10 nitrogen and oxygen atoms in total. The summed E-state index contributed by atoms with van der Waals surface area (Å²) in [5.74, 6) is -1.86. The molecule has 1 aliphatic carbocycles. The average molecular weight is 521 g/mol. The molecule has 5 fully saturated rings. The minimum Gasteiger partial charge on any atom is -0.504 e. The van der Waals surface area contributed by atoms with E-state index in [9.17, 15) is 19.8 Å². The number of hydrogen-bond donors (Lipinski definition) is 2. The summed E-state index contributed by atoms with van der Waals surface area (Å²) in [6, 6.07) is 4.41. The van der Waals surface area contributed by atoms with E-state index in [2.05, 4.69) is 6.92 Å². The van der Waals surface area contributed by atoms with Gasteiger partial charge >= 0.3 is 11.9 Å². The average Bonchev–Trinajstić information content (AvgIpc) is 3.09. The minimum absolute atomic E-state index is 0.0391.